The Morgan fingerprint density at radius 1 is 0.500 bits per heavy atom. The summed E-state index contributed by atoms with van der Waals surface area (Å²) in [6.45, 7) is 0. The topological polar surface area (TPSA) is 0 Å². The van der Waals surface area contributed by atoms with E-state index in [2.05, 4.69) is 24.3 Å². The number of hydrogen-bond donors (Lipinski definition) is 0. The molecule has 0 fully saturated rings. The maximum atomic E-state index is 2.12. The van der Waals surface area contributed by atoms with Gasteiger partial charge in [0, 0.05) is 6.42 Å². The Labute approximate surface area is 74.3 Å². The summed E-state index contributed by atoms with van der Waals surface area (Å²) < 4.78 is 0. The molecule has 0 atom stereocenters. The van der Waals surface area contributed by atoms with E-state index < -0.39 is 0 Å². The zero-order chi connectivity index (χ0) is 8.49. The van der Waals surface area contributed by atoms with E-state index in [1.54, 1.807) is 0 Å². The molecule has 0 aromatic carbocycles. The van der Waals surface area contributed by atoms with E-state index >= 15 is 0 Å². The van der Waals surface area contributed by atoms with E-state index in [-0.39, 0.29) is 0 Å². The lowest BCUT2D eigenvalue weighted by Crippen LogP contribution is -1.62. The molecule has 0 saturated carbocycles. The standard InChI is InChI=1S/C12H13/c1-2-4-6-8-10-12-11-9-7-5-3-1/h1-11H,12H2/b2-1-,6-4+,7-5+,10-8-,11-9-. The Morgan fingerprint density at radius 3 is 1.75 bits per heavy atom. The van der Waals surface area contributed by atoms with Crippen molar-refractivity contribution in [3.05, 3.63) is 67.2 Å². The van der Waals surface area contributed by atoms with Crippen LogP contribution >= 0.6 is 0 Å². The van der Waals surface area contributed by atoms with Gasteiger partial charge in [0.2, 0.25) is 0 Å². The maximum absolute atomic E-state index is 2.12. The van der Waals surface area contributed by atoms with Gasteiger partial charge in [0.15, 0.2) is 0 Å². The van der Waals surface area contributed by atoms with Crippen molar-refractivity contribution >= 4 is 0 Å². The van der Waals surface area contributed by atoms with Crippen molar-refractivity contribution in [2.24, 2.45) is 0 Å². The molecule has 1 radical (unpaired) electrons. The quantitative estimate of drug-likeness (QED) is 0.505. The van der Waals surface area contributed by atoms with E-state index in [0.717, 1.165) is 6.42 Å². The number of rotatable bonds is 0. The average molecular weight is 157 g/mol. The third-order valence-electron chi connectivity index (χ3n) is 1.43. The normalized spacial score (nSPS) is 30.7. The van der Waals surface area contributed by atoms with Crippen molar-refractivity contribution in [1.82, 2.24) is 0 Å². The van der Waals surface area contributed by atoms with E-state index in [4.69, 9.17) is 0 Å². The van der Waals surface area contributed by atoms with Crippen molar-refractivity contribution in [3.63, 3.8) is 0 Å². The summed E-state index contributed by atoms with van der Waals surface area (Å²) in [7, 11) is 0. The van der Waals surface area contributed by atoms with E-state index in [1.165, 1.54) is 0 Å². The van der Waals surface area contributed by atoms with Gasteiger partial charge in [-0.05, 0) is 6.42 Å². The molecular weight excluding hydrogens is 144 g/mol. The fourth-order valence-electron chi connectivity index (χ4n) is 0.842. The molecule has 1 rings (SSSR count). The van der Waals surface area contributed by atoms with Crippen LogP contribution in [-0.2, 0) is 0 Å². The van der Waals surface area contributed by atoms with Gasteiger partial charge in [0.1, 0.15) is 0 Å². The van der Waals surface area contributed by atoms with Crippen LogP contribution in [-0.4, -0.2) is 0 Å². The van der Waals surface area contributed by atoms with Crippen LogP contribution in [0.3, 0.4) is 0 Å². The van der Waals surface area contributed by atoms with E-state index in [1.807, 2.05) is 42.9 Å². The lowest BCUT2D eigenvalue weighted by molar-refractivity contribution is 1.39. The molecule has 0 nitrogen and oxygen atoms in total. The second kappa shape index (κ2) is 6.41. The molecule has 0 spiro atoms. The van der Waals surface area contributed by atoms with Crippen LogP contribution in [0.5, 0.6) is 0 Å². The van der Waals surface area contributed by atoms with Crippen LogP contribution < -0.4 is 0 Å². The van der Waals surface area contributed by atoms with Gasteiger partial charge in [0.05, 0.1) is 0 Å². The Kier molecular flexibility index (Phi) is 4.70. The minimum absolute atomic E-state index is 0.998. The van der Waals surface area contributed by atoms with Crippen molar-refractivity contribution in [1.29, 1.82) is 0 Å². The van der Waals surface area contributed by atoms with Crippen LogP contribution in [0, 0.1) is 6.42 Å². The molecule has 1 aliphatic carbocycles. The Morgan fingerprint density at radius 2 is 1.00 bits per heavy atom. The predicted molar refractivity (Wildman–Crippen MR) is 54.6 cm³/mol. The van der Waals surface area contributed by atoms with Crippen molar-refractivity contribution in [2.45, 2.75) is 6.42 Å². The number of hydrogen-bond acceptors (Lipinski definition) is 0. The second-order valence-electron chi connectivity index (χ2n) is 2.44. The first-order chi connectivity index (χ1) is 6.00. The third-order valence-corrected chi connectivity index (χ3v) is 1.43. The van der Waals surface area contributed by atoms with Crippen molar-refractivity contribution < 1.29 is 0 Å². The molecular formula is C12H13. The fraction of sp³-hybridized carbons (Fsp3) is 0.0833. The highest BCUT2D eigenvalue weighted by Crippen LogP contribution is 1.92. The molecule has 0 saturated heterocycles. The van der Waals surface area contributed by atoms with Crippen LogP contribution in [0.2, 0.25) is 0 Å². The molecule has 61 valence electrons. The second-order valence-corrected chi connectivity index (χ2v) is 2.44. The summed E-state index contributed by atoms with van der Waals surface area (Å²) in [5.41, 5.74) is 0. The lowest BCUT2D eigenvalue weighted by atomic mass is 10.2. The summed E-state index contributed by atoms with van der Waals surface area (Å²) in [5.74, 6) is 0. The largest absolute Gasteiger partial charge is 0.0808 e. The van der Waals surface area contributed by atoms with Gasteiger partial charge in [-0.3, -0.25) is 0 Å². The van der Waals surface area contributed by atoms with Crippen LogP contribution in [0.1, 0.15) is 6.42 Å². The minimum Gasteiger partial charge on any atom is -0.0808 e. The smallest absolute Gasteiger partial charge is 0.00506 e. The molecule has 0 amide bonds. The molecule has 0 unspecified atom stereocenters. The molecule has 0 heteroatoms. The molecule has 0 aromatic heterocycles. The SMILES string of the molecule is [CH]1\C=C/C=C/C=C\C/C=C\C=C\1. The Hall–Kier alpha value is -1.30. The van der Waals surface area contributed by atoms with Crippen molar-refractivity contribution in [2.75, 3.05) is 0 Å². The summed E-state index contributed by atoms with van der Waals surface area (Å²) in [5, 5.41) is 0. The van der Waals surface area contributed by atoms with Gasteiger partial charge in [-0.15, -0.1) is 0 Å². The molecule has 1 aliphatic rings. The van der Waals surface area contributed by atoms with Gasteiger partial charge in [-0.2, -0.15) is 0 Å². The van der Waals surface area contributed by atoms with Crippen LogP contribution in [0.15, 0.2) is 60.8 Å². The predicted octanol–water partition coefficient (Wildman–Crippen LogP) is 3.38. The fourth-order valence-corrected chi connectivity index (χ4v) is 0.842. The first kappa shape index (κ1) is 8.79. The molecule has 0 heterocycles. The van der Waals surface area contributed by atoms with E-state index in [0.29, 0.717) is 0 Å². The highest BCUT2D eigenvalue weighted by molar-refractivity contribution is 5.20. The van der Waals surface area contributed by atoms with E-state index in [9.17, 15) is 0 Å². The molecule has 0 bridgehead atoms. The summed E-state index contributed by atoms with van der Waals surface area (Å²) >= 11 is 0. The zero-order valence-corrected chi connectivity index (χ0v) is 7.06. The number of allylic oxidation sites excluding steroid dienone is 10. The monoisotopic (exact) mass is 157 g/mol. The summed E-state index contributed by atoms with van der Waals surface area (Å²) in [6.07, 6.45) is 23.5. The maximum Gasteiger partial charge on any atom is 0.00506 e. The highest BCUT2D eigenvalue weighted by atomic mass is 13.8. The van der Waals surface area contributed by atoms with Gasteiger partial charge in [-0.1, -0.05) is 60.8 Å². The van der Waals surface area contributed by atoms with Crippen LogP contribution in [0.25, 0.3) is 0 Å². The zero-order valence-electron chi connectivity index (χ0n) is 7.06. The Balaban J connectivity index is 2.55. The molecule has 12 heavy (non-hydrogen) atoms. The Bertz CT molecular complexity index is 211. The first-order valence-electron chi connectivity index (χ1n) is 4.15. The highest BCUT2D eigenvalue weighted by Gasteiger charge is 1.72. The molecule has 0 N–H and O–H groups in total. The lowest BCUT2D eigenvalue weighted by Gasteiger charge is -1.82. The first-order valence-corrected chi connectivity index (χ1v) is 4.15. The van der Waals surface area contributed by atoms with Crippen molar-refractivity contribution in [3.8, 4) is 0 Å². The van der Waals surface area contributed by atoms with Gasteiger partial charge < -0.3 is 0 Å². The molecule has 0 aliphatic heterocycles. The third kappa shape index (κ3) is 4.51. The minimum atomic E-state index is 0.998. The van der Waals surface area contributed by atoms with Crippen LogP contribution in [0.4, 0.5) is 0 Å². The van der Waals surface area contributed by atoms with Gasteiger partial charge in [0.25, 0.3) is 0 Å². The molecule has 0 aromatic rings. The van der Waals surface area contributed by atoms with Gasteiger partial charge in [-0.25, -0.2) is 0 Å². The summed E-state index contributed by atoms with van der Waals surface area (Å²) in [4.78, 5) is 0. The average Bonchev–Trinajstić information content (AvgIpc) is 2.05. The summed E-state index contributed by atoms with van der Waals surface area (Å²) in [6, 6.07) is 0. The van der Waals surface area contributed by atoms with Gasteiger partial charge >= 0.3 is 0 Å².